The summed E-state index contributed by atoms with van der Waals surface area (Å²) in [5, 5.41) is 11.2. The van der Waals surface area contributed by atoms with Crippen molar-refractivity contribution in [3.8, 4) is 0 Å². The Bertz CT molecular complexity index is 464. The van der Waals surface area contributed by atoms with Gasteiger partial charge in [0, 0.05) is 18.6 Å². The molecule has 0 radical (unpaired) electrons. The molecule has 1 aromatic heterocycles. The molecule has 2 aromatic rings. The first-order chi connectivity index (χ1) is 8.33. The minimum atomic E-state index is -0.519. The highest BCUT2D eigenvalue weighted by Crippen LogP contribution is 2.30. The van der Waals surface area contributed by atoms with Gasteiger partial charge in [0.25, 0.3) is 0 Å². The second kappa shape index (κ2) is 4.51. The highest BCUT2D eigenvalue weighted by Gasteiger charge is 2.22. The van der Waals surface area contributed by atoms with E-state index < -0.39 is 6.10 Å². The molecule has 1 aliphatic heterocycles. The van der Waals surface area contributed by atoms with E-state index in [9.17, 15) is 5.11 Å². The van der Waals surface area contributed by atoms with Crippen molar-refractivity contribution in [2.24, 2.45) is 5.92 Å². The molecule has 2 heterocycles. The van der Waals surface area contributed by atoms with Gasteiger partial charge in [-0.25, -0.2) is 0 Å². The van der Waals surface area contributed by atoms with E-state index in [0.29, 0.717) is 11.7 Å². The SMILES string of the molecule is OC(CC1CCOC1)c1cc2ccccc2o1. The molecule has 0 aliphatic carbocycles. The lowest BCUT2D eigenvalue weighted by Gasteiger charge is -2.11. The van der Waals surface area contributed by atoms with E-state index in [4.69, 9.17) is 9.15 Å². The summed E-state index contributed by atoms with van der Waals surface area (Å²) in [6, 6.07) is 9.75. The zero-order valence-electron chi connectivity index (χ0n) is 9.63. The van der Waals surface area contributed by atoms with Gasteiger partial charge >= 0.3 is 0 Å². The van der Waals surface area contributed by atoms with Gasteiger partial charge in [0.05, 0.1) is 0 Å². The number of aliphatic hydroxyl groups excluding tert-OH is 1. The fourth-order valence-electron chi connectivity index (χ4n) is 2.37. The Morgan fingerprint density at radius 1 is 1.35 bits per heavy atom. The summed E-state index contributed by atoms with van der Waals surface area (Å²) in [5.41, 5.74) is 0.837. The fourth-order valence-corrected chi connectivity index (χ4v) is 2.37. The molecule has 3 nitrogen and oxygen atoms in total. The molecule has 1 aromatic carbocycles. The fraction of sp³-hybridized carbons (Fsp3) is 0.429. The summed E-state index contributed by atoms with van der Waals surface area (Å²) < 4.78 is 11.0. The van der Waals surface area contributed by atoms with Crippen molar-refractivity contribution in [2.75, 3.05) is 13.2 Å². The van der Waals surface area contributed by atoms with E-state index in [1.807, 2.05) is 30.3 Å². The van der Waals surface area contributed by atoms with Crippen molar-refractivity contribution < 1.29 is 14.3 Å². The molecule has 0 amide bonds. The van der Waals surface area contributed by atoms with Crippen molar-refractivity contribution in [1.29, 1.82) is 0 Å². The second-order valence-corrected chi connectivity index (χ2v) is 4.67. The third-order valence-electron chi connectivity index (χ3n) is 3.35. The summed E-state index contributed by atoms with van der Waals surface area (Å²) in [7, 11) is 0. The molecule has 0 saturated carbocycles. The average Bonchev–Trinajstić information content (AvgIpc) is 2.96. The number of rotatable bonds is 3. The summed E-state index contributed by atoms with van der Waals surface area (Å²) in [6.07, 6.45) is 1.24. The maximum absolute atomic E-state index is 10.1. The first kappa shape index (κ1) is 10.8. The van der Waals surface area contributed by atoms with E-state index >= 15 is 0 Å². The lowest BCUT2D eigenvalue weighted by molar-refractivity contribution is 0.112. The lowest BCUT2D eigenvalue weighted by atomic mass is 9.99. The molecular formula is C14H16O3. The monoisotopic (exact) mass is 232 g/mol. The van der Waals surface area contributed by atoms with Crippen molar-refractivity contribution in [3.63, 3.8) is 0 Å². The third-order valence-corrected chi connectivity index (χ3v) is 3.35. The molecule has 90 valence electrons. The minimum absolute atomic E-state index is 0.457. The summed E-state index contributed by atoms with van der Waals surface area (Å²) in [4.78, 5) is 0. The Morgan fingerprint density at radius 3 is 3.00 bits per heavy atom. The van der Waals surface area contributed by atoms with Crippen LogP contribution in [0.4, 0.5) is 0 Å². The maximum Gasteiger partial charge on any atom is 0.134 e. The van der Waals surface area contributed by atoms with Gasteiger partial charge < -0.3 is 14.3 Å². The third kappa shape index (κ3) is 2.21. The smallest absolute Gasteiger partial charge is 0.134 e. The number of furan rings is 1. The van der Waals surface area contributed by atoms with Crippen molar-refractivity contribution in [1.82, 2.24) is 0 Å². The van der Waals surface area contributed by atoms with Crippen LogP contribution in [-0.4, -0.2) is 18.3 Å². The lowest BCUT2D eigenvalue weighted by Crippen LogP contribution is -2.06. The van der Waals surface area contributed by atoms with E-state index in [2.05, 4.69) is 0 Å². The van der Waals surface area contributed by atoms with Crippen LogP contribution in [0.5, 0.6) is 0 Å². The quantitative estimate of drug-likeness (QED) is 0.884. The topological polar surface area (TPSA) is 42.6 Å². The van der Waals surface area contributed by atoms with Crippen molar-refractivity contribution >= 4 is 11.0 Å². The maximum atomic E-state index is 10.1. The Labute approximate surface area is 100.0 Å². The molecular weight excluding hydrogens is 216 g/mol. The zero-order chi connectivity index (χ0) is 11.7. The van der Waals surface area contributed by atoms with Gasteiger partial charge in [-0.05, 0) is 30.9 Å². The average molecular weight is 232 g/mol. The van der Waals surface area contributed by atoms with Crippen LogP contribution in [0.25, 0.3) is 11.0 Å². The summed E-state index contributed by atoms with van der Waals surface area (Å²) in [5.74, 6) is 1.12. The van der Waals surface area contributed by atoms with E-state index in [1.165, 1.54) is 0 Å². The molecule has 1 fully saturated rings. The first-order valence-corrected chi connectivity index (χ1v) is 6.07. The Balaban J connectivity index is 1.77. The molecule has 1 saturated heterocycles. The van der Waals surface area contributed by atoms with Crippen LogP contribution < -0.4 is 0 Å². The number of hydrogen-bond acceptors (Lipinski definition) is 3. The predicted molar refractivity (Wildman–Crippen MR) is 64.7 cm³/mol. The number of aliphatic hydroxyl groups is 1. The van der Waals surface area contributed by atoms with Gasteiger partial charge in [0.15, 0.2) is 0 Å². The van der Waals surface area contributed by atoms with Crippen molar-refractivity contribution in [2.45, 2.75) is 18.9 Å². The molecule has 2 atom stereocenters. The number of ether oxygens (including phenoxy) is 1. The number of fused-ring (bicyclic) bond motifs is 1. The van der Waals surface area contributed by atoms with Crippen LogP contribution in [0, 0.1) is 5.92 Å². The van der Waals surface area contributed by atoms with Gasteiger partial charge in [0.2, 0.25) is 0 Å². The van der Waals surface area contributed by atoms with Gasteiger partial charge in [-0.1, -0.05) is 18.2 Å². The van der Waals surface area contributed by atoms with E-state index in [1.54, 1.807) is 0 Å². The Kier molecular flexibility index (Phi) is 2.87. The van der Waals surface area contributed by atoms with Crippen LogP contribution in [-0.2, 0) is 4.74 Å². The number of hydrogen-bond donors (Lipinski definition) is 1. The molecule has 0 spiro atoms. The van der Waals surface area contributed by atoms with Crippen LogP contribution in [0.2, 0.25) is 0 Å². The van der Waals surface area contributed by atoms with Crippen molar-refractivity contribution in [3.05, 3.63) is 36.1 Å². The molecule has 3 rings (SSSR count). The Hall–Kier alpha value is -1.32. The van der Waals surface area contributed by atoms with Gasteiger partial charge in [-0.15, -0.1) is 0 Å². The molecule has 1 aliphatic rings. The van der Waals surface area contributed by atoms with Crippen LogP contribution >= 0.6 is 0 Å². The van der Waals surface area contributed by atoms with Gasteiger partial charge in [-0.2, -0.15) is 0 Å². The molecule has 17 heavy (non-hydrogen) atoms. The molecule has 1 N–H and O–H groups in total. The summed E-state index contributed by atoms with van der Waals surface area (Å²) in [6.45, 7) is 1.58. The second-order valence-electron chi connectivity index (χ2n) is 4.67. The van der Waals surface area contributed by atoms with Crippen LogP contribution in [0.15, 0.2) is 34.7 Å². The number of benzene rings is 1. The number of para-hydroxylation sites is 1. The molecule has 2 unspecified atom stereocenters. The van der Waals surface area contributed by atoms with Crippen LogP contribution in [0.1, 0.15) is 24.7 Å². The molecule has 0 bridgehead atoms. The Morgan fingerprint density at radius 2 is 2.24 bits per heavy atom. The van der Waals surface area contributed by atoms with E-state index in [0.717, 1.165) is 37.0 Å². The van der Waals surface area contributed by atoms with Gasteiger partial charge in [-0.3, -0.25) is 0 Å². The first-order valence-electron chi connectivity index (χ1n) is 6.07. The van der Waals surface area contributed by atoms with Crippen LogP contribution in [0.3, 0.4) is 0 Å². The standard InChI is InChI=1S/C14H16O3/c15-12(7-10-5-6-16-9-10)14-8-11-3-1-2-4-13(11)17-14/h1-4,8,10,12,15H,5-7,9H2. The normalized spacial score (nSPS) is 22.1. The predicted octanol–water partition coefficient (Wildman–Crippen LogP) is 2.89. The van der Waals surface area contributed by atoms with Gasteiger partial charge in [0.1, 0.15) is 17.4 Å². The minimum Gasteiger partial charge on any atom is -0.458 e. The zero-order valence-corrected chi connectivity index (χ0v) is 9.63. The summed E-state index contributed by atoms with van der Waals surface area (Å²) >= 11 is 0. The highest BCUT2D eigenvalue weighted by atomic mass is 16.5. The molecule has 3 heteroatoms. The largest absolute Gasteiger partial charge is 0.458 e. The van der Waals surface area contributed by atoms with E-state index in [-0.39, 0.29) is 0 Å². The highest BCUT2D eigenvalue weighted by molar-refractivity contribution is 5.77.